The van der Waals surface area contributed by atoms with E-state index in [9.17, 15) is 8.78 Å². The molecule has 1 aromatic heterocycles. The van der Waals surface area contributed by atoms with E-state index < -0.39 is 6.55 Å². The van der Waals surface area contributed by atoms with Crippen LogP contribution in [0.25, 0.3) is 0 Å². The predicted molar refractivity (Wildman–Crippen MR) is 36.1 cm³/mol. The molecular weight excluding hydrogens is 152 g/mol. The average molecular weight is 161 g/mol. The van der Waals surface area contributed by atoms with E-state index in [-0.39, 0.29) is 6.04 Å². The summed E-state index contributed by atoms with van der Waals surface area (Å²) in [4.78, 5) is 0. The van der Waals surface area contributed by atoms with Gasteiger partial charge in [-0.05, 0) is 6.92 Å². The number of hydrogen-bond acceptors (Lipinski definition) is 2. The summed E-state index contributed by atoms with van der Waals surface area (Å²) in [5, 5.41) is 3.42. The van der Waals surface area contributed by atoms with Gasteiger partial charge in [-0.25, -0.2) is 4.68 Å². The first-order valence-corrected chi connectivity index (χ1v) is 3.19. The summed E-state index contributed by atoms with van der Waals surface area (Å²) in [6.45, 7) is -0.866. The highest BCUT2D eigenvalue weighted by molar-refractivity contribution is 5.08. The second-order valence-corrected chi connectivity index (χ2v) is 2.32. The molecule has 0 spiro atoms. The van der Waals surface area contributed by atoms with Crippen LogP contribution in [0, 0.1) is 0 Å². The van der Waals surface area contributed by atoms with Gasteiger partial charge in [-0.2, -0.15) is 13.9 Å². The Morgan fingerprint density at radius 3 is 2.55 bits per heavy atom. The maximum Gasteiger partial charge on any atom is 0.333 e. The van der Waals surface area contributed by atoms with Gasteiger partial charge < -0.3 is 5.73 Å². The Balaban J connectivity index is 2.82. The number of rotatable bonds is 2. The molecule has 11 heavy (non-hydrogen) atoms. The fourth-order valence-electron chi connectivity index (χ4n) is 0.695. The summed E-state index contributed by atoms with van der Waals surface area (Å²) in [6, 6.07) is -0.248. The molecule has 0 radical (unpaired) electrons. The molecule has 0 aliphatic carbocycles. The molecule has 0 saturated heterocycles. The van der Waals surface area contributed by atoms with Gasteiger partial charge in [-0.15, -0.1) is 0 Å². The van der Waals surface area contributed by atoms with Gasteiger partial charge in [0.1, 0.15) is 0 Å². The Hall–Kier alpha value is -0.970. The third kappa shape index (κ3) is 1.74. The summed E-state index contributed by atoms with van der Waals surface area (Å²) < 4.78 is 24.4. The van der Waals surface area contributed by atoms with E-state index in [4.69, 9.17) is 5.73 Å². The Morgan fingerprint density at radius 1 is 1.64 bits per heavy atom. The third-order valence-electron chi connectivity index (χ3n) is 1.35. The molecule has 1 atom stereocenters. The van der Waals surface area contributed by atoms with Gasteiger partial charge in [-0.1, -0.05) is 0 Å². The standard InChI is InChI=1S/C6H9F2N3/c1-4(9)5-2-10-11(3-5)6(7)8/h2-4,6H,9H2,1H3/t4-/m0/s1. The molecule has 0 aromatic carbocycles. The number of hydrogen-bond donors (Lipinski definition) is 1. The van der Waals surface area contributed by atoms with E-state index in [1.165, 1.54) is 12.4 Å². The van der Waals surface area contributed by atoms with Crippen LogP contribution in [0.1, 0.15) is 25.1 Å². The molecule has 1 heterocycles. The van der Waals surface area contributed by atoms with Crippen LogP contribution < -0.4 is 5.73 Å². The van der Waals surface area contributed by atoms with Crippen molar-refractivity contribution in [2.75, 3.05) is 0 Å². The SMILES string of the molecule is C[C@H](N)c1cnn(C(F)F)c1. The molecule has 2 N–H and O–H groups in total. The molecule has 0 aliphatic heterocycles. The van der Waals surface area contributed by atoms with Gasteiger partial charge in [0.05, 0.1) is 6.20 Å². The summed E-state index contributed by atoms with van der Waals surface area (Å²) in [5.41, 5.74) is 6.04. The van der Waals surface area contributed by atoms with Crippen LogP contribution in [0.5, 0.6) is 0 Å². The van der Waals surface area contributed by atoms with Gasteiger partial charge in [0.25, 0.3) is 0 Å². The topological polar surface area (TPSA) is 43.8 Å². The van der Waals surface area contributed by atoms with Crippen molar-refractivity contribution in [3.63, 3.8) is 0 Å². The minimum Gasteiger partial charge on any atom is -0.324 e. The smallest absolute Gasteiger partial charge is 0.324 e. The third-order valence-corrected chi connectivity index (χ3v) is 1.35. The van der Waals surface area contributed by atoms with Gasteiger partial charge in [-0.3, -0.25) is 0 Å². The first-order chi connectivity index (χ1) is 5.11. The summed E-state index contributed by atoms with van der Waals surface area (Å²) >= 11 is 0. The maximum atomic E-state index is 11.9. The van der Waals surface area contributed by atoms with E-state index in [0.717, 1.165) is 0 Å². The van der Waals surface area contributed by atoms with E-state index in [1.807, 2.05) is 0 Å². The van der Waals surface area contributed by atoms with Crippen LogP contribution >= 0.6 is 0 Å². The normalized spacial score (nSPS) is 13.9. The fourth-order valence-corrected chi connectivity index (χ4v) is 0.695. The zero-order valence-corrected chi connectivity index (χ0v) is 6.04. The van der Waals surface area contributed by atoms with Crippen molar-refractivity contribution in [1.82, 2.24) is 9.78 Å². The lowest BCUT2D eigenvalue weighted by molar-refractivity contribution is 0.0565. The maximum absolute atomic E-state index is 11.9. The number of nitrogens with zero attached hydrogens (tertiary/aromatic N) is 2. The summed E-state index contributed by atoms with van der Waals surface area (Å²) in [6.07, 6.45) is 2.59. The molecule has 1 rings (SSSR count). The minimum atomic E-state index is -2.58. The molecule has 62 valence electrons. The van der Waals surface area contributed by atoms with Crippen LogP contribution in [-0.2, 0) is 0 Å². The lowest BCUT2D eigenvalue weighted by Crippen LogP contribution is -2.03. The molecule has 0 bridgehead atoms. The Kier molecular flexibility index (Phi) is 2.19. The van der Waals surface area contributed by atoms with Crippen molar-refractivity contribution < 1.29 is 8.78 Å². The van der Waals surface area contributed by atoms with Gasteiger partial charge in [0.2, 0.25) is 0 Å². The highest BCUT2D eigenvalue weighted by atomic mass is 19.3. The Morgan fingerprint density at radius 2 is 2.27 bits per heavy atom. The van der Waals surface area contributed by atoms with Crippen molar-refractivity contribution in [2.45, 2.75) is 19.5 Å². The van der Waals surface area contributed by atoms with Crippen molar-refractivity contribution in [3.05, 3.63) is 18.0 Å². The first-order valence-electron chi connectivity index (χ1n) is 3.19. The Bertz CT molecular complexity index is 209. The van der Waals surface area contributed by atoms with E-state index >= 15 is 0 Å². The average Bonchev–Trinajstić information content (AvgIpc) is 2.33. The van der Waals surface area contributed by atoms with Gasteiger partial charge in [0.15, 0.2) is 0 Å². The lowest BCUT2D eigenvalue weighted by Gasteiger charge is -1.98. The zero-order valence-electron chi connectivity index (χ0n) is 6.04. The molecule has 0 amide bonds. The molecule has 0 aliphatic rings. The van der Waals surface area contributed by atoms with Gasteiger partial charge in [0, 0.05) is 17.8 Å². The molecule has 1 aromatic rings. The number of aromatic nitrogens is 2. The van der Waals surface area contributed by atoms with Crippen LogP contribution in [-0.4, -0.2) is 9.78 Å². The predicted octanol–water partition coefficient (Wildman–Crippen LogP) is 1.30. The molecule has 5 heteroatoms. The number of nitrogens with two attached hydrogens (primary N) is 1. The van der Waals surface area contributed by atoms with E-state index in [1.54, 1.807) is 6.92 Å². The zero-order chi connectivity index (χ0) is 8.43. The molecule has 0 saturated carbocycles. The van der Waals surface area contributed by atoms with Crippen molar-refractivity contribution in [2.24, 2.45) is 5.73 Å². The molecule has 0 unspecified atom stereocenters. The second-order valence-electron chi connectivity index (χ2n) is 2.32. The highest BCUT2D eigenvalue weighted by Crippen LogP contribution is 2.12. The van der Waals surface area contributed by atoms with Crippen LogP contribution in [0.3, 0.4) is 0 Å². The monoisotopic (exact) mass is 161 g/mol. The highest BCUT2D eigenvalue weighted by Gasteiger charge is 2.08. The Labute approximate surface area is 62.8 Å². The van der Waals surface area contributed by atoms with Crippen LogP contribution in [0.15, 0.2) is 12.4 Å². The fraction of sp³-hybridized carbons (Fsp3) is 0.500. The van der Waals surface area contributed by atoms with Crippen molar-refractivity contribution in [1.29, 1.82) is 0 Å². The number of alkyl halides is 2. The van der Waals surface area contributed by atoms with Crippen LogP contribution in [0.2, 0.25) is 0 Å². The van der Waals surface area contributed by atoms with Crippen LogP contribution in [0.4, 0.5) is 8.78 Å². The second kappa shape index (κ2) is 2.96. The van der Waals surface area contributed by atoms with E-state index in [2.05, 4.69) is 5.10 Å². The summed E-state index contributed by atoms with van der Waals surface area (Å²) in [5.74, 6) is 0. The van der Waals surface area contributed by atoms with Crippen molar-refractivity contribution >= 4 is 0 Å². The molecular formula is C6H9F2N3. The minimum absolute atomic E-state index is 0.248. The molecule has 0 fully saturated rings. The summed E-state index contributed by atoms with van der Waals surface area (Å²) in [7, 11) is 0. The van der Waals surface area contributed by atoms with Gasteiger partial charge >= 0.3 is 6.55 Å². The quantitative estimate of drug-likeness (QED) is 0.710. The first kappa shape index (κ1) is 8.13. The largest absolute Gasteiger partial charge is 0.333 e. The number of halogens is 2. The van der Waals surface area contributed by atoms with E-state index in [0.29, 0.717) is 10.2 Å². The molecule has 3 nitrogen and oxygen atoms in total. The lowest BCUT2D eigenvalue weighted by atomic mass is 10.2. The van der Waals surface area contributed by atoms with Crippen molar-refractivity contribution in [3.8, 4) is 0 Å².